The Morgan fingerprint density at radius 1 is 1.48 bits per heavy atom. The van der Waals surface area contributed by atoms with Crippen molar-refractivity contribution in [3.8, 4) is 22.8 Å². The van der Waals surface area contributed by atoms with Gasteiger partial charge in [-0.1, -0.05) is 18.9 Å². The molecule has 3 rings (SSSR count). The fourth-order valence-electron chi connectivity index (χ4n) is 2.44. The van der Waals surface area contributed by atoms with Gasteiger partial charge in [0.1, 0.15) is 10.7 Å². The first-order valence-corrected chi connectivity index (χ1v) is 8.37. The molecule has 3 heterocycles. The van der Waals surface area contributed by atoms with Crippen LogP contribution in [0.1, 0.15) is 17.6 Å². The van der Waals surface area contributed by atoms with Gasteiger partial charge in [0.2, 0.25) is 0 Å². The molecule has 3 nitrogen and oxygen atoms in total. The maximum absolute atomic E-state index is 12.8. The third-order valence-electron chi connectivity index (χ3n) is 3.41. The van der Waals surface area contributed by atoms with E-state index in [0.29, 0.717) is 11.2 Å². The fourth-order valence-corrected chi connectivity index (χ4v) is 4.47. The monoisotopic (exact) mass is 314 g/mol. The number of rotatable bonds is 3. The Labute approximate surface area is 130 Å². The summed E-state index contributed by atoms with van der Waals surface area (Å²) in [4.78, 5) is 20.5. The molecule has 0 unspecified atom stereocenters. The summed E-state index contributed by atoms with van der Waals surface area (Å²) in [5.74, 6) is 3.21. The first-order valence-electron chi connectivity index (χ1n) is 6.67. The van der Waals surface area contributed by atoms with Crippen molar-refractivity contribution in [1.29, 1.82) is 0 Å². The van der Waals surface area contributed by atoms with E-state index in [2.05, 4.69) is 23.9 Å². The normalized spacial score (nSPS) is 10.9. The zero-order valence-corrected chi connectivity index (χ0v) is 13.5. The van der Waals surface area contributed by atoms with Crippen LogP contribution >= 0.6 is 22.7 Å². The molecule has 0 saturated heterocycles. The van der Waals surface area contributed by atoms with Gasteiger partial charge in [0.25, 0.3) is 5.56 Å². The number of aryl methyl sites for hydroxylation is 2. The summed E-state index contributed by atoms with van der Waals surface area (Å²) in [5, 5.41) is 2.74. The Morgan fingerprint density at radius 2 is 2.29 bits per heavy atom. The van der Waals surface area contributed by atoms with Crippen molar-refractivity contribution >= 4 is 32.9 Å². The highest BCUT2D eigenvalue weighted by atomic mass is 32.1. The average molecular weight is 314 g/mol. The highest BCUT2D eigenvalue weighted by molar-refractivity contribution is 7.20. The molecule has 0 aromatic carbocycles. The average Bonchev–Trinajstić information content (AvgIpc) is 3.09. The second-order valence-corrected chi connectivity index (χ2v) is 6.70. The lowest BCUT2D eigenvalue weighted by Crippen LogP contribution is -2.23. The van der Waals surface area contributed by atoms with Crippen molar-refractivity contribution in [2.24, 2.45) is 0 Å². The summed E-state index contributed by atoms with van der Waals surface area (Å²) >= 11 is 3.26. The topological polar surface area (TPSA) is 34.9 Å². The Kier molecular flexibility index (Phi) is 3.66. The molecule has 0 amide bonds. The molecule has 3 aromatic heterocycles. The molecule has 0 aliphatic rings. The van der Waals surface area contributed by atoms with E-state index in [1.807, 2.05) is 18.4 Å². The minimum atomic E-state index is -0.0326. The van der Waals surface area contributed by atoms with E-state index in [-0.39, 0.29) is 12.1 Å². The van der Waals surface area contributed by atoms with Gasteiger partial charge in [0, 0.05) is 15.3 Å². The highest BCUT2D eigenvalue weighted by Crippen LogP contribution is 2.38. The molecular formula is C16H14N2OS2. The molecular weight excluding hydrogens is 300 g/mol. The molecule has 0 aliphatic carbocycles. The minimum Gasteiger partial charge on any atom is -0.284 e. The van der Waals surface area contributed by atoms with Crippen LogP contribution in [0.5, 0.6) is 0 Å². The largest absolute Gasteiger partial charge is 0.284 e. The third kappa shape index (κ3) is 2.21. The Morgan fingerprint density at radius 3 is 2.90 bits per heavy atom. The summed E-state index contributed by atoms with van der Waals surface area (Å²) in [7, 11) is 0. The van der Waals surface area contributed by atoms with Crippen molar-refractivity contribution in [3.05, 3.63) is 38.6 Å². The van der Waals surface area contributed by atoms with Gasteiger partial charge in [-0.05, 0) is 24.8 Å². The van der Waals surface area contributed by atoms with E-state index in [9.17, 15) is 4.79 Å². The van der Waals surface area contributed by atoms with Gasteiger partial charge < -0.3 is 0 Å². The predicted molar refractivity (Wildman–Crippen MR) is 90.1 cm³/mol. The van der Waals surface area contributed by atoms with Crippen molar-refractivity contribution in [1.82, 2.24) is 9.55 Å². The molecule has 0 N–H and O–H groups in total. The van der Waals surface area contributed by atoms with Crippen LogP contribution in [0, 0.1) is 19.3 Å². The molecule has 106 valence electrons. The van der Waals surface area contributed by atoms with E-state index in [0.717, 1.165) is 21.7 Å². The van der Waals surface area contributed by atoms with Gasteiger partial charge in [-0.2, -0.15) is 0 Å². The summed E-state index contributed by atoms with van der Waals surface area (Å²) in [6.07, 6.45) is 6.26. The number of fused-ring (bicyclic) bond motifs is 1. The van der Waals surface area contributed by atoms with Crippen LogP contribution in [-0.2, 0) is 13.0 Å². The Bertz CT molecular complexity index is 895. The summed E-state index contributed by atoms with van der Waals surface area (Å²) in [5.41, 5.74) is 1.01. The number of aromatic nitrogens is 2. The lowest BCUT2D eigenvalue weighted by atomic mass is 10.1. The second-order valence-electron chi connectivity index (χ2n) is 4.67. The van der Waals surface area contributed by atoms with Crippen LogP contribution in [0.25, 0.3) is 20.7 Å². The van der Waals surface area contributed by atoms with Crippen LogP contribution in [-0.4, -0.2) is 9.55 Å². The molecule has 0 fully saturated rings. The number of nitrogens with zero attached hydrogens (tertiary/aromatic N) is 2. The first-order chi connectivity index (χ1) is 10.2. The van der Waals surface area contributed by atoms with Crippen LogP contribution in [0.15, 0.2) is 22.3 Å². The zero-order chi connectivity index (χ0) is 15.0. The summed E-state index contributed by atoms with van der Waals surface area (Å²) < 4.78 is 1.58. The molecule has 21 heavy (non-hydrogen) atoms. The molecule has 5 heteroatoms. The first kappa shape index (κ1) is 14.1. The number of hydrogen-bond donors (Lipinski definition) is 0. The van der Waals surface area contributed by atoms with E-state index < -0.39 is 0 Å². The smallest absolute Gasteiger partial charge is 0.263 e. The van der Waals surface area contributed by atoms with Crippen molar-refractivity contribution in [3.63, 3.8) is 0 Å². The van der Waals surface area contributed by atoms with Gasteiger partial charge in [-0.3, -0.25) is 9.36 Å². The van der Waals surface area contributed by atoms with E-state index in [1.54, 1.807) is 27.2 Å². The third-order valence-corrected chi connectivity index (χ3v) is 5.53. The second kappa shape index (κ2) is 5.47. The van der Waals surface area contributed by atoms with E-state index >= 15 is 0 Å². The van der Waals surface area contributed by atoms with E-state index in [1.165, 1.54) is 4.88 Å². The van der Waals surface area contributed by atoms with Crippen LogP contribution in [0.3, 0.4) is 0 Å². The number of hydrogen-bond acceptors (Lipinski definition) is 4. The molecule has 0 radical (unpaired) electrons. The number of terminal acetylenes is 1. The SMILES string of the molecule is C#CCn1c(C)nc2sc(CC)c(-c3cccs3)c2c1=O. The summed E-state index contributed by atoms with van der Waals surface area (Å²) in [6, 6.07) is 4.06. The standard InChI is InChI=1S/C16H14N2OS2/c1-4-8-18-10(3)17-15-14(16(18)19)13(11(5-2)21-15)12-7-6-9-20-12/h1,6-7,9H,5,8H2,2-3H3. The van der Waals surface area contributed by atoms with Gasteiger partial charge >= 0.3 is 0 Å². The van der Waals surface area contributed by atoms with Gasteiger partial charge in [0.05, 0.1) is 11.9 Å². The Hall–Kier alpha value is -1.90. The van der Waals surface area contributed by atoms with Crippen LogP contribution < -0.4 is 5.56 Å². The molecule has 0 bridgehead atoms. The fraction of sp³-hybridized carbons (Fsp3) is 0.250. The lowest BCUT2D eigenvalue weighted by Gasteiger charge is -2.06. The lowest BCUT2D eigenvalue weighted by molar-refractivity contribution is 0.743. The maximum atomic E-state index is 12.8. The highest BCUT2D eigenvalue weighted by Gasteiger charge is 2.19. The Balaban J connectivity index is 2.44. The van der Waals surface area contributed by atoms with Crippen molar-refractivity contribution < 1.29 is 0 Å². The van der Waals surface area contributed by atoms with Gasteiger partial charge in [-0.25, -0.2) is 4.98 Å². The van der Waals surface area contributed by atoms with Crippen LogP contribution in [0.2, 0.25) is 0 Å². The van der Waals surface area contributed by atoms with E-state index in [4.69, 9.17) is 6.42 Å². The van der Waals surface area contributed by atoms with Gasteiger partial charge in [0.15, 0.2) is 0 Å². The molecule has 0 atom stereocenters. The maximum Gasteiger partial charge on any atom is 0.263 e. The molecule has 0 aliphatic heterocycles. The van der Waals surface area contributed by atoms with Crippen LogP contribution in [0.4, 0.5) is 0 Å². The van der Waals surface area contributed by atoms with Crippen molar-refractivity contribution in [2.45, 2.75) is 26.8 Å². The number of thiophene rings is 2. The molecule has 0 saturated carbocycles. The predicted octanol–water partition coefficient (Wildman–Crippen LogP) is 3.69. The molecule has 0 spiro atoms. The van der Waals surface area contributed by atoms with Gasteiger partial charge in [-0.15, -0.1) is 29.1 Å². The quantitative estimate of drug-likeness (QED) is 0.691. The summed E-state index contributed by atoms with van der Waals surface area (Å²) in [6.45, 7) is 4.19. The van der Waals surface area contributed by atoms with Crippen molar-refractivity contribution in [2.75, 3.05) is 0 Å². The zero-order valence-electron chi connectivity index (χ0n) is 11.8. The molecule has 3 aromatic rings. The minimum absolute atomic E-state index is 0.0326.